The van der Waals surface area contributed by atoms with Crippen LogP contribution < -0.4 is 11.1 Å². The summed E-state index contributed by atoms with van der Waals surface area (Å²) in [6.07, 6.45) is 1.24. The minimum absolute atomic E-state index is 0.0672. The van der Waals surface area contributed by atoms with Gasteiger partial charge in [-0.05, 0) is 36.6 Å². The van der Waals surface area contributed by atoms with Gasteiger partial charge in [0.15, 0.2) is 0 Å². The maximum absolute atomic E-state index is 12.5. The summed E-state index contributed by atoms with van der Waals surface area (Å²) in [6, 6.07) is 7.37. The lowest BCUT2D eigenvalue weighted by Crippen LogP contribution is -2.35. The second-order valence-electron chi connectivity index (χ2n) is 5.74. The van der Waals surface area contributed by atoms with Crippen LogP contribution in [0.4, 0.5) is 0 Å². The predicted molar refractivity (Wildman–Crippen MR) is 89.1 cm³/mol. The Morgan fingerprint density at radius 1 is 1.41 bits per heavy atom. The quantitative estimate of drug-likeness (QED) is 0.833. The number of rotatable bonds is 5. The van der Waals surface area contributed by atoms with Crippen molar-refractivity contribution >= 4 is 27.7 Å². The lowest BCUT2D eigenvalue weighted by Gasteiger charge is -2.22. The third kappa shape index (κ3) is 4.55. The van der Waals surface area contributed by atoms with Gasteiger partial charge in [-0.15, -0.1) is 0 Å². The van der Waals surface area contributed by atoms with Gasteiger partial charge in [0.05, 0.1) is 12.5 Å². The topological polar surface area (TPSA) is 75.4 Å². The zero-order valence-corrected chi connectivity index (χ0v) is 14.3. The van der Waals surface area contributed by atoms with Crippen molar-refractivity contribution in [3.8, 4) is 0 Å². The second kappa shape index (κ2) is 7.74. The molecule has 2 amide bonds. The van der Waals surface area contributed by atoms with Crippen molar-refractivity contribution in [1.29, 1.82) is 0 Å². The molecule has 0 saturated carbocycles. The maximum atomic E-state index is 12.5. The van der Waals surface area contributed by atoms with Crippen molar-refractivity contribution in [2.24, 2.45) is 11.7 Å². The Balaban J connectivity index is 2.05. The molecule has 3 N–H and O–H groups in total. The average Bonchev–Trinajstić information content (AvgIpc) is 2.96. The molecule has 120 valence electrons. The summed E-state index contributed by atoms with van der Waals surface area (Å²) < 4.78 is 0.967. The molecule has 0 bridgehead atoms. The zero-order valence-electron chi connectivity index (χ0n) is 12.7. The molecule has 1 aliphatic heterocycles. The van der Waals surface area contributed by atoms with E-state index in [0.717, 1.165) is 29.5 Å². The van der Waals surface area contributed by atoms with Crippen LogP contribution in [0.2, 0.25) is 0 Å². The highest BCUT2D eigenvalue weighted by atomic mass is 79.9. The number of nitrogens with one attached hydrogen (secondary N) is 1. The van der Waals surface area contributed by atoms with Crippen molar-refractivity contribution in [2.45, 2.75) is 25.8 Å². The van der Waals surface area contributed by atoms with Gasteiger partial charge in [-0.1, -0.05) is 28.1 Å². The number of nitrogens with two attached hydrogens (primary N) is 1. The van der Waals surface area contributed by atoms with Gasteiger partial charge in [-0.2, -0.15) is 0 Å². The molecule has 1 heterocycles. The van der Waals surface area contributed by atoms with E-state index in [-0.39, 0.29) is 24.3 Å². The molecule has 1 aromatic carbocycles. The van der Waals surface area contributed by atoms with E-state index >= 15 is 0 Å². The molecule has 1 fully saturated rings. The molecule has 6 heteroatoms. The summed E-state index contributed by atoms with van der Waals surface area (Å²) in [4.78, 5) is 25.7. The number of nitrogens with zero attached hydrogens (tertiary/aromatic N) is 1. The lowest BCUT2D eigenvalue weighted by atomic mass is 10.0. The molecular weight excluding hydrogens is 346 g/mol. The fraction of sp³-hybridized carbons (Fsp3) is 0.500. The van der Waals surface area contributed by atoms with Gasteiger partial charge in [-0.25, -0.2) is 0 Å². The molecule has 22 heavy (non-hydrogen) atoms. The summed E-state index contributed by atoms with van der Waals surface area (Å²) >= 11 is 3.39. The molecule has 1 aromatic rings. The fourth-order valence-electron chi connectivity index (χ4n) is 2.75. The van der Waals surface area contributed by atoms with Crippen LogP contribution in [0.1, 0.15) is 31.4 Å². The van der Waals surface area contributed by atoms with E-state index in [4.69, 9.17) is 5.73 Å². The van der Waals surface area contributed by atoms with E-state index < -0.39 is 0 Å². The van der Waals surface area contributed by atoms with Crippen molar-refractivity contribution in [3.63, 3.8) is 0 Å². The zero-order chi connectivity index (χ0) is 16.1. The second-order valence-corrected chi connectivity index (χ2v) is 6.65. The molecule has 1 saturated heterocycles. The summed E-state index contributed by atoms with van der Waals surface area (Å²) in [5.74, 6) is 0.329. The number of benzene rings is 1. The maximum Gasteiger partial charge on any atom is 0.224 e. The first-order chi connectivity index (χ1) is 10.5. The molecule has 2 rings (SSSR count). The van der Waals surface area contributed by atoms with Crippen LogP contribution in [-0.4, -0.2) is 36.3 Å². The van der Waals surface area contributed by atoms with Gasteiger partial charge < -0.3 is 16.0 Å². The number of likely N-dealkylation sites (tertiary alicyclic amines) is 1. The number of carbonyl (C=O) groups excluding carboxylic acids is 2. The van der Waals surface area contributed by atoms with Gasteiger partial charge in [0.1, 0.15) is 0 Å². The molecule has 5 nitrogen and oxygen atoms in total. The Hall–Kier alpha value is -1.40. The van der Waals surface area contributed by atoms with Crippen LogP contribution in [0.25, 0.3) is 0 Å². The number of hydrogen-bond acceptors (Lipinski definition) is 3. The SMILES string of the molecule is CC(=O)N[C@H](CC(=O)N1CC[C@H](CN)C1)c1ccc(Br)cc1. The molecular formula is C16H22BrN3O2. The summed E-state index contributed by atoms with van der Waals surface area (Å²) in [5, 5.41) is 2.87. The normalized spacial score (nSPS) is 19.0. The number of amides is 2. The van der Waals surface area contributed by atoms with E-state index in [2.05, 4.69) is 21.2 Å². The number of carbonyl (C=O) groups is 2. The van der Waals surface area contributed by atoms with Gasteiger partial charge in [0, 0.05) is 24.5 Å². The summed E-state index contributed by atoms with van der Waals surface area (Å²) in [7, 11) is 0. The van der Waals surface area contributed by atoms with Gasteiger partial charge in [-0.3, -0.25) is 9.59 Å². The third-order valence-electron chi connectivity index (χ3n) is 4.00. The van der Waals surface area contributed by atoms with E-state index in [9.17, 15) is 9.59 Å². The van der Waals surface area contributed by atoms with Crippen LogP contribution in [0.3, 0.4) is 0 Å². The first-order valence-corrected chi connectivity index (χ1v) is 8.29. The molecule has 0 aliphatic carbocycles. The lowest BCUT2D eigenvalue weighted by molar-refractivity contribution is -0.131. The van der Waals surface area contributed by atoms with Crippen molar-refractivity contribution in [1.82, 2.24) is 10.2 Å². The van der Waals surface area contributed by atoms with Gasteiger partial charge >= 0.3 is 0 Å². The van der Waals surface area contributed by atoms with Crippen molar-refractivity contribution in [3.05, 3.63) is 34.3 Å². The van der Waals surface area contributed by atoms with Gasteiger partial charge in [0.2, 0.25) is 11.8 Å². The molecule has 0 spiro atoms. The van der Waals surface area contributed by atoms with E-state index in [0.29, 0.717) is 12.5 Å². The summed E-state index contributed by atoms with van der Waals surface area (Å²) in [5.41, 5.74) is 6.60. The van der Waals surface area contributed by atoms with E-state index in [1.54, 1.807) is 0 Å². The monoisotopic (exact) mass is 367 g/mol. The predicted octanol–water partition coefficient (Wildman–Crippen LogP) is 1.82. The highest BCUT2D eigenvalue weighted by Gasteiger charge is 2.27. The van der Waals surface area contributed by atoms with Gasteiger partial charge in [0.25, 0.3) is 0 Å². The first kappa shape index (κ1) is 17.0. The highest BCUT2D eigenvalue weighted by Crippen LogP contribution is 2.23. The van der Waals surface area contributed by atoms with Crippen LogP contribution in [-0.2, 0) is 9.59 Å². The van der Waals surface area contributed by atoms with Crippen LogP contribution >= 0.6 is 15.9 Å². The summed E-state index contributed by atoms with van der Waals surface area (Å²) in [6.45, 7) is 3.57. The number of halogens is 1. The Kier molecular flexibility index (Phi) is 5.97. The molecule has 0 aromatic heterocycles. The minimum atomic E-state index is -0.296. The standard InChI is InChI=1S/C16H22BrN3O2/c1-11(21)19-15(13-2-4-14(17)5-3-13)8-16(22)20-7-6-12(9-18)10-20/h2-5,12,15H,6-10,18H2,1H3,(H,19,21)/t12-,15-/m1/s1. The Morgan fingerprint density at radius 3 is 2.64 bits per heavy atom. The molecule has 0 unspecified atom stereocenters. The molecule has 0 radical (unpaired) electrons. The highest BCUT2D eigenvalue weighted by molar-refractivity contribution is 9.10. The third-order valence-corrected chi connectivity index (χ3v) is 4.53. The fourth-order valence-corrected chi connectivity index (χ4v) is 3.01. The first-order valence-electron chi connectivity index (χ1n) is 7.50. The Morgan fingerprint density at radius 2 is 2.09 bits per heavy atom. The van der Waals surface area contributed by atoms with E-state index in [1.165, 1.54) is 6.92 Å². The smallest absolute Gasteiger partial charge is 0.224 e. The minimum Gasteiger partial charge on any atom is -0.349 e. The Bertz CT molecular complexity index is 533. The average molecular weight is 368 g/mol. The van der Waals surface area contributed by atoms with Crippen LogP contribution in [0.15, 0.2) is 28.7 Å². The van der Waals surface area contributed by atoms with Crippen LogP contribution in [0.5, 0.6) is 0 Å². The number of hydrogen-bond donors (Lipinski definition) is 2. The van der Waals surface area contributed by atoms with E-state index in [1.807, 2.05) is 29.2 Å². The molecule has 2 atom stereocenters. The molecule has 1 aliphatic rings. The van der Waals surface area contributed by atoms with Crippen molar-refractivity contribution < 1.29 is 9.59 Å². The largest absolute Gasteiger partial charge is 0.349 e. The van der Waals surface area contributed by atoms with Crippen molar-refractivity contribution in [2.75, 3.05) is 19.6 Å². The van der Waals surface area contributed by atoms with Crippen LogP contribution in [0, 0.1) is 5.92 Å². The Labute approximate surface area is 139 Å².